The lowest BCUT2D eigenvalue weighted by molar-refractivity contribution is -0.389. The van der Waals surface area contributed by atoms with Gasteiger partial charge < -0.3 is 37.6 Å². The Morgan fingerprint density at radius 3 is 1.42 bits per heavy atom. The molecule has 0 aromatic rings. The maximum absolute atomic E-state index is 6.77. The average Bonchev–Trinajstić information content (AvgIpc) is 2.88. The summed E-state index contributed by atoms with van der Waals surface area (Å²) < 4.78 is 43.0. The van der Waals surface area contributed by atoms with Gasteiger partial charge in [0, 0.05) is 33.0 Å². The summed E-state index contributed by atoms with van der Waals surface area (Å²) in [6, 6.07) is 0. The number of hydrogen-bond acceptors (Lipinski definition) is 8. The summed E-state index contributed by atoms with van der Waals surface area (Å²) in [4.78, 5) is 0. The van der Waals surface area contributed by atoms with E-state index in [-0.39, 0.29) is 6.61 Å². The highest BCUT2D eigenvalue weighted by Gasteiger charge is 2.52. The third kappa shape index (κ3) is 16.9. The molecule has 0 amide bonds. The van der Waals surface area contributed by atoms with E-state index in [0.717, 1.165) is 25.7 Å². The zero-order valence-corrected chi connectivity index (χ0v) is 27.1. The fraction of sp³-hybridized carbons (Fsp3) is 1.00. The highest BCUT2D eigenvalue weighted by molar-refractivity contribution is 6.53. The maximum atomic E-state index is 6.77. The first-order chi connectivity index (χ1) is 18.3. The molecule has 0 fully saturated rings. The topological polar surface area (TPSA) is 90.6 Å². The van der Waals surface area contributed by atoms with Crippen molar-refractivity contribution in [2.75, 3.05) is 46.2 Å². The fourth-order valence-electron chi connectivity index (χ4n) is 4.64. The molecule has 0 radical (unpaired) electrons. The van der Waals surface area contributed by atoms with Gasteiger partial charge in [-0.1, -0.05) is 71.1 Å². The van der Waals surface area contributed by atoms with Crippen molar-refractivity contribution in [3.63, 3.8) is 0 Å². The third-order valence-corrected chi connectivity index (χ3v) is 9.03. The van der Waals surface area contributed by atoms with Gasteiger partial charge in [-0.25, -0.2) is 0 Å². The lowest BCUT2D eigenvalue weighted by Crippen LogP contribution is -2.58. The number of unbranched alkanes of at least 4 members (excludes halogenated alkanes) is 9. The smallest absolute Gasteiger partial charge is 0.351 e. The number of ether oxygens (including phenoxy) is 3. The molecule has 0 aliphatic rings. The zero-order valence-electron chi connectivity index (χ0n) is 26.1. The van der Waals surface area contributed by atoms with Gasteiger partial charge in [-0.2, -0.15) is 0 Å². The largest absolute Gasteiger partial charge is 0.680 e. The van der Waals surface area contributed by atoms with Crippen LogP contribution in [0.5, 0.6) is 0 Å². The SMILES string of the molecule is CCCCCCCCCCCCC(C)(CCCN)O[Si](OCC)(OCC)OCC(OCC)(OCC)OCC. The quantitative estimate of drug-likeness (QED) is 0.0583. The molecule has 38 heavy (non-hydrogen) atoms. The predicted molar refractivity (Wildman–Crippen MR) is 157 cm³/mol. The molecule has 1 unspecified atom stereocenters. The van der Waals surface area contributed by atoms with Crippen molar-refractivity contribution in [3.05, 3.63) is 0 Å². The van der Waals surface area contributed by atoms with Crippen LogP contribution in [0.3, 0.4) is 0 Å². The summed E-state index contributed by atoms with van der Waals surface area (Å²) in [5, 5.41) is 0. The summed E-state index contributed by atoms with van der Waals surface area (Å²) in [6.45, 7) is 16.6. The molecule has 0 aromatic carbocycles. The Hall–Kier alpha value is -0.103. The van der Waals surface area contributed by atoms with E-state index in [4.69, 9.17) is 37.6 Å². The van der Waals surface area contributed by atoms with E-state index in [2.05, 4.69) is 13.8 Å². The summed E-state index contributed by atoms with van der Waals surface area (Å²) in [6.07, 6.45) is 15.5. The molecule has 2 N–H and O–H groups in total. The molecule has 0 saturated heterocycles. The van der Waals surface area contributed by atoms with E-state index in [0.29, 0.717) is 39.6 Å². The maximum Gasteiger partial charge on any atom is 0.680 e. The third-order valence-electron chi connectivity index (χ3n) is 6.50. The van der Waals surface area contributed by atoms with Crippen LogP contribution in [0.1, 0.15) is 132 Å². The lowest BCUT2D eigenvalue weighted by Gasteiger charge is -2.40. The Morgan fingerprint density at radius 2 is 1.00 bits per heavy atom. The molecule has 9 heteroatoms. The predicted octanol–water partition coefficient (Wildman–Crippen LogP) is 7.10. The minimum atomic E-state index is -3.56. The van der Waals surface area contributed by atoms with E-state index < -0.39 is 20.6 Å². The monoisotopic (exact) mass is 565 g/mol. The van der Waals surface area contributed by atoms with Crippen LogP contribution in [0.4, 0.5) is 0 Å². The van der Waals surface area contributed by atoms with Gasteiger partial charge >= 0.3 is 15.0 Å². The Labute approximate surface area is 236 Å². The molecular weight excluding hydrogens is 502 g/mol. The second-order valence-electron chi connectivity index (χ2n) is 10.0. The van der Waals surface area contributed by atoms with Crippen LogP contribution < -0.4 is 5.73 Å². The molecule has 0 spiro atoms. The Kier molecular flexibility index (Phi) is 23.5. The molecule has 0 aliphatic heterocycles. The molecule has 0 saturated carbocycles. The second-order valence-corrected chi connectivity index (χ2v) is 12.1. The molecule has 1 atom stereocenters. The molecule has 0 heterocycles. The van der Waals surface area contributed by atoms with Crippen molar-refractivity contribution in [2.24, 2.45) is 5.73 Å². The Balaban J connectivity index is 5.32. The van der Waals surface area contributed by atoms with Gasteiger partial charge in [0.15, 0.2) is 0 Å². The molecule has 0 aromatic heterocycles. The molecule has 0 aliphatic carbocycles. The highest BCUT2D eigenvalue weighted by atomic mass is 28.4. The van der Waals surface area contributed by atoms with Crippen molar-refractivity contribution in [3.8, 4) is 0 Å². The van der Waals surface area contributed by atoms with E-state index in [9.17, 15) is 0 Å². The van der Waals surface area contributed by atoms with Gasteiger partial charge in [-0.3, -0.25) is 0 Å². The van der Waals surface area contributed by atoms with E-state index in [1.165, 1.54) is 57.8 Å². The fourth-order valence-corrected chi connectivity index (χ4v) is 6.94. The summed E-state index contributed by atoms with van der Waals surface area (Å²) in [5.41, 5.74) is 5.43. The van der Waals surface area contributed by atoms with Crippen LogP contribution in [-0.2, 0) is 31.9 Å². The highest BCUT2D eigenvalue weighted by Crippen LogP contribution is 2.32. The summed E-state index contributed by atoms with van der Waals surface area (Å²) >= 11 is 0. The minimum absolute atomic E-state index is 0.0139. The first kappa shape index (κ1) is 37.9. The van der Waals surface area contributed by atoms with Crippen LogP contribution in [0, 0.1) is 0 Å². The van der Waals surface area contributed by atoms with Crippen LogP contribution in [0.15, 0.2) is 0 Å². The standard InChI is InChI=1S/C29H63NO7Si/c1-8-14-15-16-17-18-19-20-21-22-24-28(7,25-23-26-30)37-38(34-12-5,35-13-6)36-27-29(31-9-2,32-10-3)33-11-4/h8-27,30H2,1-7H3. The van der Waals surface area contributed by atoms with Gasteiger partial charge in [0.1, 0.15) is 6.61 Å². The van der Waals surface area contributed by atoms with E-state index in [1.54, 1.807) is 0 Å². The lowest BCUT2D eigenvalue weighted by atomic mass is 9.93. The van der Waals surface area contributed by atoms with Crippen molar-refractivity contribution < 1.29 is 31.9 Å². The van der Waals surface area contributed by atoms with Crippen molar-refractivity contribution in [1.29, 1.82) is 0 Å². The first-order valence-electron chi connectivity index (χ1n) is 15.6. The normalized spacial score (nSPS) is 14.2. The van der Waals surface area contributed by atoms with Gasteiger partial charge in [0.05, 0.1) is 5.60 Å². The minimum Gasteiger partial charge on any atom is -0.351 e. The summed E-state index contributed by atoms with van der Waals surface area (Å²) in [7, 11) is -3.56. The van der Waals surface area contributed by atoms with Crippen molar-refractivity contribution >= 4 is 9.05 Å². The first-order valence-corrected chi connectivity index (χ1v) is 17.2. The van der Waals surface area contributed by atoms with Crippen LogP contribution in [0.2, 0.25) is 0 Å². The van der Waals surface area contributed by atoms with Gasteiger partial charge in [-0.15, -0.1) is 0 Å². The van der Waals surface area contributed by atoms with Gasteiger partial charge in [-0.05, 0) is 67.3 Å². The Morgan fingerprint density at radius 1 is 0.553 bits per heavy atom. The van der Waals surface area contributed by atoms with Crippen molar-refractivity contribution in [2.45, 2.75) is 144 Å². The summed E-state index contributed by atoms with van der Waals surface area (Å²) in [5.74, 6) is -1.34. The molecule has 0 bridgehead atoms. The number of nitrogens with two attached hydrogens (primary N) is 1. The average molecular weight is 566 g/mol. The number of rotatable bonds is 29. The molecule has 0 rings (SSSR count). The van der Waals surface area contributed by atoms with Gasteiger partial charge in [0.2, 0.25) is 0 Å². The van der Waals surface area contributed by atoms with Crippen LogP contribution >= 0.6 is 0 Å². The number of hydrogen-bond donors (Lipinski definition) is 1. The Bertz CT molecular complexity index is 506. The van der Waals surface area contributed by atoms with Crippen molar-refractivity contribution in [1.82, 2.24) is 0 Å². The zero-order chi connectivity index (χ0) is 28.6. The molecule has 230 valence electrons. The molecule has 8 nitrogen and oxygen atoms in total. The van der Waals surface area contributed by atoms with E-state index in [1.807, 2.05) is 34.6 Å². The van der Waals surface area contributed by atoms with Crippen LogP contribution in [0.25, 0.3) is 0 Å². The second kappa shape index (κ2) is 23.6. The molecular formula is C29H63NO7Si. The van der Waals surface area contributed by atoms with E-state index >= 15 is 0 Å². The van der Waals surface area contributed by atoms with Crippen LogP contribution in [-0.4, -0.2) is 66.8 Å². The van der Waals surface area contributed by atoms with Gasteiger partial charge in [0.25, 0.3) is 0 Å².